The first-order valence-electron chi connectivity index (χ1n) is 5.95. The minimum absolute atomic E-state index is 0.0667. The lowest BCUT2D eigenvalue weighted by atomic mass is 9.79. The van der Waals surface area contributed by atoms with E-state index in [-0.39, 0.29) is 5.92 Å². The summed E-state index contributed by atoms with van der Waals surface area (Å²) in [6, 6.07) is 3.34. The predicted octanol–water partition coefficient (Wildman–Crippen LogP) is 3.08. The van der Waals surface area contributed by atoms with Crippen LogP contribution < -0.4 is 0 Å². The highest BCUT2D eigenvalue weighted by atomic mass is 79.9. The van der Waals surface area contributed by atoms with E-state index < -0.39 is 17.5 Å². The number of hydrogen-bond donors (Lipinski definition) is 1. The number of hydrogen-bond acceptors (Lipinski definition) is 4. The SMILES string of the molecule is CCOC(=O)C(C(C)C)C(C)(O)c1ccc(Br)o1. The predicted molar refractivity (Wildman–Crippen MR) is 70.9 cm³/mol. The van der Waals surface area contributed by atoms with Crippen molar-refractivity contribution in [2.45, 2.75) is 33.3 Å². The van der Waals surface area contributed by atoms with Gasteiger partial charge in [-0.15, -0.1) is 0 Å². The van der Waals surface area contributed by atoms with E-state index in [1.807, 2.05) is 13.8 Å². The molecular formula is C13H19BrO4. The molecule has 1 aromatic heterocycles. The second-order valence-electron chi connectivity index (χ2n) is 4.73. The van der Waals surface area contributed by atoms with E-state index in [0.29, 0.717) is 17.0 Å². The maximum atomic E-state index is 12.0. The smallest absolute Gasteiger partial charge is 0.312 e. The number of rotatable bonds is 5. The fraction of sp³-hybridized carbons (Fsp3) is 0.615. The van der Waals surface area contributed by atoms with Crippen LogP contribution in [0, 0.1) is 11.8 Å². The second-order valence-corrected chi connectivity index (χ2v) is 5.51. The van der Waals surface area contributed by atoms with Gasteiger partial charge in [-0.3, -0.25) is 4.79 Å². The van der Waals surface area contributed by atoms with Crippen molar-refractivity contribution in [3.63, 3.8) is 0 Å². The summed E-state index contributed by atoms with van der Waals surface area (Å²) in [5.74, 6) is -0.801. The third-order valence-electron chi connectivity index (χ3n) is 2.88. The first-order chi connectivity index (χ1) is 8.30. The van der Waals surface area contributed by atoms with Gasteiger partial charge in [-0.1, -0.05) is 13.8 Å². The molecule has 0 aliphatic carbocycles. The van der Waals surface area contributed by atoms with Crippen LogP contribution in [0.3, 0.4) is 0 Å². The number of furan rings is 1. The Balaban J connectivity index is 3.07. The Labute approximate surface area is 115 Å². The zero-order valence-electron chi connectivity index (χ0n) is 11.1. The van der Waals surface area contributed by atoms with Gasteiger partial charge in [-0.25, -0.2) is 0 Å². The molecule has 0 amide bonds. The molecule has 0 fully saturated rings. The van der Waals surface area contributed by atoms with Gasteiger partial charge in [-0.2, -0.15) is 0 Å². The van der Waals surface area contributed by atoms with Crippen molar-refractivity contribution in [2.24, 2.45) is 11.8 Å². The zero-order chi connectivity index (χ0) is 13.9. The summed E-state index contributed by atoms with van der Waals surface area (Å²) in [7, 11) is 0. The molecule has 0 saturated carbocycles. The molecule has 1 heterocycles. The van der Waals surface area contributed by atoms with Crippen molar-refractivity contribution in [3.8, 4) is 0 Å². The summed E-state index contributed by atoms with van der Waals surface area (Å²) in [6.45, 7) is 7.34. The summed E-state index contributed by atoms with van der Waals surface area (Å²) >= 11 is 3.18. The van der Waals surface area contributed by atoms with Crippen LogP contribution in [0.5, 0.6) is 0 Å². The van der Waals surface area contributed by atoms with Crippen LogP contribution >= 0.6 is 15.9 Å². The van der Waals surface area contributed by atoms with Gasteiger partial charge in [0.2, 0.25) is 0 Å². The second kappa shape index (κ2) is 5.89. The Kier molecular flexibility index (Phi) is 4.99. The Bertz CT molecular complexity index is 409. The number of carbonyl (C=O) groups is 1. The molecule has 1 rings (SSSR count). The molecule has 1 aromatic rings. The monoisotopic (exact) mass is 318 g/mol. The van der Waals surface area contributed by atoms with E-state index in [1.165, 1.54) is 0 Å². The van der Waals surface area contributed by atoms with Gasteiger partial charge in [0.1, 0.15) is 11.4 Å². The standard InChI is InChI=1S/C13H19BrO4/c1-5-17-12(15)11(8(2)3)13(4,16)9-6-7-10(14)18-9/h6-8,11,16H,5H2,1-4H3. The number of ether oxygens (including phenoxy) is 1. The van der Waals surface area contributed by atoms with Gasteiger partial charge in [0, 0.05) is 0 Å². The van der Waals surface area contributed by atoms with E-state index in [2.05, 4.69) is 15.9 Å². The van der Waals surface area contributed by atoms with Gasteiger partial charge < -0.3 is 14.3 Å². The summed E-state index contributed by atoms with van der Waals surface area (Å²) in [6.07, 6.45) is 0. The summed E-state index contributed by atoms with van der Waals surface area (Å²) < 4.78 is 10.9. The number of aliphatic hydroxyl groups is 1. The number of halogens is 1. The molecule has 0 spiro atoms. The highest BCUT2D eigenvalue weighted by molar-refractivity contribution is 9.10. The van der Waals surface area contributed by atoms with Gasteiger partial charge >= 0.3 is 5.97 Å². The Morgan fingerprint density at radius 3 is 2.56 bits per heavy atom. The van der Waals surface area contributed by atoms with Crippen molar-refractivity contribution in [1.29, 1.82) is 0 Å². The molecule has 18 heavy (non-hydrogen) atoms. The van der Waals surface area contributed by atoms with Crippen molar-refractivity contribution in [2.75, 3.05) is 6.61 Å². The molecule has 0 aliphatic heterocycles. The van der Waals surface area contributed by atoms with Gasteiger partial charge in [0.05, 0.1) is 12.5 Å². The van der Waals surface area contributed by atoms with Crippen LogP contribution in [-0.2, 0) is 15.1 Å². The van der Waals surface area contributed by atoms with E-state index in [1.54, 1.807) is 26.0 Å². The third kappa shape index (κ3) is 3.14. The maximum absolute atomic E-state index is 12.0. The highest BCUT2D eigenvalue weighted by Crippen LogP contribution is 2.36. The van der Waals surface area contributed by atoms with Crippen molar-refractivity contribution in [1.82, 2.24) is 0 Å². The minimum atomic E-state index is -1.40. The number of carbonyl (C=O) groups excluding carboxylic acids is 1. The first kappa shape index (κ1) is 15.2. The normalized spacial score (nSPS) is 16.4. The van der Waals surface area contributed by atoms with Crippen LogP contribution in [0.2, 0.25) is 0 Å². The van der Waals surface area contributed by atoms with Gasteiger partial charge in [-0.05, 0) is 47.8 Å². The fourth-order valence-electron chi connectivity index (χ4n) is 2.12. The zero-order valence-corrected chi connectivity index (χ0v) is 12.7. The molecule has 0 saturated heterocycles. The average Bonchev–Trinajstić information content (AvgIpc) is 2.64. The summed E-state index contributed by atoms with van der Waals surface area (Å²) in [5, 5.41) is 10.6. The van der Waals surface area contributed by atoms with Crippen LogP contribution in [0.15, 0.2) is 21.2 Å². The molecule has 1 N–H and O–H groups in total. The first-order valence-corrected chi connectivity index (χ1v) is 6.74. The quantitative estimate of drug-likeness (QED) is 0.847. The largest absolute Gasteiger partial charge is 0.466 e. The van der Waals surface area contributed by atoms with Crippen LogP contribution in [0.1, 0.15) is 33.5 Å². The lowest BCUT2D eigenvalue weighted by Gasteiger charge is -2.32. The molecule has 102 valence electrons. The highest BCUT2D eigenvalue weighted by Gasteiger charge is 2.44. The molecule has 4 nitrogen and oxygen atoms in total. The molecular weight excluding hydrogens is 300 g/mol. The molecule has 0 aromatic carbocycles. The lowest BCUT2D eigenvalue weighted by Crippen LogP contribution is -2.41. The third-order valence-corrected chi connectivity index (χ3v) is 3.31. The lowest BCUT2D eigenvalue weighted by molar-refractivity contribution is -0.163. The van der Waals surface area contributed by atoms with E-state index in [4.69, 9.17) is 9.15 Å². The van der Waals surface area contributed by atoms with Crippen LogP contribution in [-0.4, -0.2) is 17.7 Å². The van der Waals surface area contributed by atoms with Crippen molar-refractivity contribution in [3.05, 3.63) is 22.6 Å². The molecule has 0 radical (unpaired) electrons. The molecule has 2 unspecified atom stereocenters. The van der Waals surface area contributed by atoms with Gasteiger partial charge in [0.25, 0.3) is 0 Å². The van der Waals surface area contributed by atoms with Crippen molar-refractivity contribution < 1.29 is 19.1 Å². The minimum Gasteiger partial charge on any atom is -0.466 e. The topological polar surface area (TPSA) is 59.7 Å². The summed E-state index contributed by atoms with van der Waals surface area (Å²) in [5.41, 5.74) is -1.40. The Morgan fingerprint density at radius 2 is 2.17 bits per heavy atom. The van der Waals surface area contributed by atoms with E-state index in [9.17, 15) is 9.90 Å². The average molecular weight is 319 g/mol. The maximum Gasteiger partial charge on any atom is 0.312 e. The van der Waals surface area contributed by atoms with Crippen LogP contribution in [0.25, 0.3) is 0 Å². The van der Waals surface area contributed by atoms with Gasteiger partial charge in [0.15, 0.2) is 4.67 Å². The molecule has 0 aliphatic rings. The summed E-state index contributed by atoms with van der Waals surface area (Å²) in [4.78, 5) is 12.0. The fourth-order valence-corrected chi connectivity index (χ4v) is 2.43. The van der Waals surface area contributed by atoms with E-state index >= 15 is 0 Å². The molecule has 0 bridgehead atoms. The Hall–Kier alpha value is -0.810. The van der Waals surface area contributed by atoms with Crippen LogP contribution in [0.4, 0.5) is 0 Å². The molecule has 2 atom stereocenters. The van der Waals surface area contributed by atoms with E-state index in [0.717, 1.165) is 0 Å². The Morgan fingerprint density at radius 1 is 1.56 bits per heavy atom. The molecule has 5 heteroatoms. The van der Waals surface area contributed by atoms with Crippen molar-refractivity contribution >= 4 is 21.9 Å². The number of esters is 1.